The fourth-order valence-corrected chi connectivity index (χ4v) is 2.49. The lowest BCUT2D eigenvalue weighted by Crippen LogP contribution is -2.42. The van der Waals surface area contributed by atoms with E-state index in [1.807, 2.05) is 6.07 Å². The van der Waals surface area contributed by atoms with Gasteiger partial charge in [-0.1, -0.05) is 31.2 Å². The quantitative estimate of drug-likeness (QED) is 0.678. The Labute approximate surface area is 121 Å². The third-order valence-electron chi connectivity index (χ3n) is 3.83. The third kappa shape index (κ3) is 4.23. The zero-order chi connectivity index (χ0) is 14.4. The van der Waals surface area contributed by atoms with Crippen molar-refractivity contribution in [1.82, 2.24) is 4.90 Å². The van der Waals surface area contributed by atoms with Gasteiger partial charge >= 0.3 is 0 Å². The van der Waals surface area contributed by atoms with E-state index >= 15 is 0 Å². The summed E-state index contributed by atoms with van der Waals surface area (Å²) >= 11 is 0. The molecule has 0 spiro atoms. The molecule has 0 atom stereocenters. The first-order valence-electron chi connectivity index (χ1n) is 7.30. The highest BCUT2D eigenvalue weighted by Gasteiger charge is 2.16. The maximum atomic E-state index is 6.09. The summed E-state index contributed by atoms with van der Waals surface area (Å²) in [5, 5.41) is 0. The zero-order valence-corrected chi connectivity index (χ0v) is 12.5. The summed E-state index contributed by atoms with van der Waals surface area (Å²) < 4.78 is 5.14. The number of methoxy groups -OCH3 is 1. The van der Waals surface area contributed by atoms with Crippen LogP contribution in [0.25, 0.3) is 0 Å². The molecule has 1 aliphatic rings. The number of piperidine rings is 1. The summed E-state index contributed by atoms with van der Waals surface area (Å²) in [5.41, 5.74) is 8.44. The van der Waals surface area contributed by atoms with Crippen LogP contribution in [-0.4, -0.2) is 31.1 Å². The molecular formula is C16H25N3O. The van der Waals surface area contributed by atoms with Gasteiger partial charge in [-0.3, -0.25) is 0 Å². The summed E-state index contributed by atoms with van der Waals surface area (Å²) in [4.78, 5) is 6.72. The van der Waals surface area contributed by atoms with Gasteiger partial charge in [-0.15, -0.1) is 0 Å². The van der Waals surface area contributed by atoms with Crippen LogP contribution < -0.4 is 5.73 Å². The van der Waals surface area contributed by atoms with E-state index in [0.717, 1.165) is 19.0 Å². The van der Waals surface area contributed by atoms with Crippen molar-refractivity contribution >= 4 is 5.96 Å². The minimum absolute atomic E-state index is 0.634. The van der Waals surface area contributed by atoms with Gasteiger partial charge in [0.2, 0.25) is 0 Å². The van der Waals surface area contributed by atoms with Crippen LogP contribution >= 0.6 is 0 Å². The number of nitrogens with two attached hydrogens (primary N) is 1. The van der Waals surface area contributed by atoms with Gasteiger partial charge in [0.1, 0.15) is 0 Å². The predicted molar refractivity (Wildman–Crippen MR) is 82.5 cm³/mol. The number of hydrogen-bond donors (Lipinski definition) is 1. The molecular weight excluding hydrogens is 250 g/mol. The van der Waals surface area contributed by atoms with E-state index in [0.29, 0.717) is 19.1 Å². The Kier molecular flexibility index (Phi) is 5.41. The molecule has 1 aromatic carbocycles. The predicted octanol–water partition coefficient (Wildman–Crippen LogP) is 2.38. The van der Waals surface area contributed by atoms with Gasteiger partial charge in [0, 0.05) is 20.2 Å². The molecule has 20 heavy (non-hydrogen) atoms. The fourth-order valence-electron chi connectivity index (χ4n) is 2.49. The van der Waals surface area contributed by atoms with Crippen LogP contribution in [0.15, 0.2) is 29.3 Å². The molecule has 1 heterocycles. The molecule has 1 aromatic rings. The molecule has 0 aromatic heterocycles. The number of benzene rings is 1. The van der Waals surface area contributed by atoms with Gasteiger partial charge in [-0.2, -0.15) is 0 Å². The zero-order valence-electron chi connectivity index (χ0n) is 12.5. The van der Waals surface area contributed by atoms with Gasteiger partial charge in [-0.25, -0.2) is 4.99 Å². The molecule has 1 aliphatic heterocycles. The van der Waals surface area contributed by atoms with Crippen LogP contribution in [0.3, 0.4) is 0 Å². The molecule has 1 saturated heterocycles. The largest absolute Gasteiger partial charge is 0.380 e. The Bertz CT molecular complexity index is 451. The lowest BCUT2D eigenvalue weighted by atomic mass is 10.00. The van der Waals surface area contributed by atoms with E-state index in [4.69, 9.17) is 10.5 Å². The van der Waals surface area contributed by atoms with E-state index in [9.17, 15) is 0 Å². The Morgan fingerprint density at radius 3 is 2.75 bits per heavy atom. The maximum absolute atomic E-state index is 6.09. The average Bonchev–Trinajstić information content (AvgIpc) is 2.46. The van der Waals surface area contributed by atoms with Gasteiger partial charge in [0.25, 0.3) is 0 Å². The molecule has 0 unspecified atom stereocenters. The number of guanidine groups is 1. The second-order valence-electron chi connectivity index (χ2n) is 5.60. The standard InChI is InChI=1S/C16H25N3O/c1-13-6-8-19(9-7-13)16(17)18-11-14-4-3-5-15(10-14)12-20-2/h3-5,10,13H,6-9,11-12H2,1-2H3,(H2,17,18). The van der Waals surface area contributed by atoms with Crippen LogP contribution in [0.1, 0.15) is 30.9 Å². The molecule has 1 fully saturated rings. The first-order valence-corrected chi connectivity index (χ1v) is 7.30. The van der Waals surface area contributed by atoms with E-state index in [1.54, 1.807) is 7.11 Å². The van der Waals surface area contributed by atoms with Crippen LogP contribution in [0.2, 0.25) is 0 Å². The Hall–Kier alpha value is -1.55. The molecule has 4 heteroatoms. The highest BCUT2D eigenvalue weighted by Crippen LogP contribution is 2.15. The van der Waals surface area contributed by atoms with E-state index in [-0.39, 0.29) is 0 Å². The molecule has 0 radical (unpaired) electrons. The third-order valence-corrected chi connectivity index (χ3v) is 3.83. The van der Waals surface area contributed by atoms with Crippen molar-refractivity contribution in [1.29, 1.82) is 0 Å². The van der Waals surface area contributed by atoms with E-state index in [1.165, 1.54) is 24.0 Å². The first-order chi connectivity index (χ1) is 9.69. The van der Waals surface area contributed by atoms with E-state index < -0.39 is 0 Å². The van der Waals surface area contributed by atoms with Crippen molar-refractivity contribution in [3.05, 3.63) is 35.4 Å². The second-order valence-corrected chi connectivity index (χ2v) is 5.60. The van der Waals surface area contributed by atoms with Crippen molar-refractivity contribution in [3.8, 4) is 0 Å². The number of nitrogens with zero attached hydrogens (tertiary/aromatic N) is 2. The lowest BCUT2D eigenvalue weighted by molar-refractivity contribution is 0.185. The van der Waals surface area contributed by atoms with Gasteiger partial charge in [0.15, 0.2) is 5.96 Å². The number of hydrogen-bond acceptors (Lipinski definition) is 2. The molecule has 110 valence electrons. The molecule has 0 amide bonds. The maximum Gasteiger partial charge on any atom is 0.191 e. The Morgan fingerprint density at radius 2 is 2.05 bits per heavy atom. The number of aliphatic imine (C=N–C) groups is 1. The highest BCUT2D eigenvalue weighted by molar-refractivity contribution is 5.78. The van der Waals surface area contributed by atoms with Crippen molar-refractivity contribution < 1.29 is 4.74 Å². The van der Waals surface area contributed by atoms with Crippen molar-refractivity contribution in [3.63, 3.8) is 0 Å². The first kappa shape index (κ1) is 14.9. The SMILES string of the molecule is COCc1cccc(CN=C(N)N2CCC(C)CC2)c1. The van der Waals surface area contributed by atoms with Crippen LogP contribution in [0.4, 0.5) is 0 Å². The van der Waals surface area contributed by atoms with Gasteiger partial charge < -0.3 is 15.4 Å². The van der Waals surface area contributed by atoms with Crippen LogP contribution in [0, 0.1) is 5.92 Å². The Morgan fingerprint density at radius 1 is 1.35 bits per heavy atom. The molecule has 2 N–H and O–H groups in total. The molecule has 0 bridgehead atoms. The molecule has 4 nitrogen and oxygen atoms in total. The number of ether oxygens (including phenoxy) is 1. The summed E-state index contributed by atoms with van der Waals surface area (Å²) in [5.74, 6) is 1.49. The minimum Gasteiger partial charge on any atom is -0.380 e. The average molecular weight is 275 g/mol. The van der Waals surface area contributed by atoms with Crippen molar-refractivity contribution in [2.75, 3.05) is 20.2 Å². The van der Waals surface area contributed by atoms with Crippen molar-refractivity contribution in [2.24, 2.45) is 16.6 Å². The summed E-state index contributed by atoms with van der Waals surface area (Å²) in [6.07, 6.45) is 2.42. The summed E-state index contributed by atoms with van der Waals surface area (Å²) in [6, 6.07) is 8.30. The van der Waals surface area contributed by atoms with Gasteiger partial charge in [-0.05, 0) is 29.9 Å². The molecule has 0 saturated carbocycles. The highest BCUT2D eigenvalue weighted by atomic mass is 16.5. The second kappa shape index (κ2) is 7.29. The fraction of sp³-hybridized carbons (Fsp3) is 0.562. The smallest absolute Gasteiger partial charge is 0.191 e. The van der Waals surface area contributed by atoms with Crippen molar-refractivity contribution in [2.45, 2.75) is 32.9 Å². The Balaban J connectivity index is 1.92. The van der Waals surface area contributed by atoms with Crippen LogP contribution in [0.5, 0.6) is 0 Å². The molecule has 0 aliphatic carbocycles. The molecule has 2 rings (SSSR count). The van der Waals surface area contributed by atoms with E-state index in [2.05, 4.69) is 35.0 Å². The normalized spacial score (nSPS) is 17.5. The summed E-state index contributed by atoms with van der Waals surface area (Å²) in [7, 11) is 1.71. The number of rotatable bonds is 4. The van der Waals surface area contributed by atoms with Crippen LogP contribution in [-0.2, 0) is 17.9 Å². The topological polar surface area (TPSA) is 50.9 Å². The monoisotopic (exact) mass is 275 g/mol. The minimum atomic E-state index is 0.634. The lowest BCUT2D eigenvalue weighted by Gasteiger charge is -2.31. The summed E-state index contributed by atoms with van der Waals surface area (Å²) in [6.45, 7) is 5.62. The number of likely N-dealkylation sites (tertiary alicyclic amines) is 1. The van der Waals surface area contributed by atoms with Gasteiger partial charge in [0.05, 0.1) is 13.2 Å².